The van der Waals surface area contributed by atoms with Gasteiger partial charge in [-0.1, -0.05) is 18.2 Å². The Morgan fingerprint density at radius 2 is 1.89 bits per heavy atom. The quantitative estimate of drug-likeness (QED) is 0.851. The average Bonchev–Trinajstić information content (AvgIpc) is 3.17. The molecule has 0 saturated carbocycles. The lowest BCUT2D eigenvalue weighted by atomic mass is 10.1. The first-order valence-electron chi connectivity index (χ1n) is 9.34. The third kappa shape index (κ3) is 4.01. The number of carbonyl (C=O) groups is 1. The van der Waals surface area contributed by atoms with Crippen LogP contribution in [0.1, 0.15) is 11.1 Å². The molecule has 1 saturated heterocycles. The minimum atomic E-state index is 0.168. The van der Waals surface area contributed by atoms with Gasteiger partial charge in [-0.25, -0.2) is 0 Å². The summed E-state index contributed by atoms with van der Waals surface area (Å²) >= 11 is 0. The number of piperazine rings is 1. The molecule has 4 rings (SSSR count). The van der Waals surface area contributed by atoms with E-state index in [9.17, 15) is 4.79 Å². The van der Waals surface area contributed by atoms with E-state index in [1.165, 1.54) is 10.5 Å². The largest absolute Gasteiger partial charge is 0.496 e. The van der Waals surface area contributed by atoms with E-state index in [0.29, 0.717) is 13.2 Å². The van der Waals surface area contributed by atoms with Crippen molar-refractivity contribution in [3.05, 3.63) is 53.6 Å². The number of amides is 1. The fourth-order valence-electron chi connectivity index (χ4n) is 3.71. The molecule has 1 fully saturated rings. The molecule has 142 valence electrons. The minimum absolute atomic E-state index is 0.168. The maximum absolute atomic E-state index is 12.7. The number of fused-ring (bicyclic) bond motifs is 1. The first-order chi connectivity index (χ1) is 13.2. The van der Waals surface area contributed by atoms with Gasteiger partial charge in [0.2, 0.25) is 12.7 Å². The number of para-hydroxylation sites is 1. The third-order valence-electron chi connectivity index (χ3n) is 5.25. The maximum atomic E-state index is 12.7. The van der Waals surface area contributed by atoms with Gasteiger partial charge in [-0.2, -0.15) is 0 Å². The second-order valence-electron chi connectivity index (χ2n) is 6.98. The first-order valence-corrected chi connectivity index (χ1v) is 9.34. The van der Waals surface area contributed by atoms with Gasteiger partial charge >= 0.3 is 0 Å². The number of quaternary nitrogens is 1. The van der Waals surface area contributed by atoms with E-state index in [0.717, 1.165) is 55.5 Å². The lowest BCUT2D eigenvalue weighted by Gasteiger charge is -2.32. The summed E-state index contributed by atoms with van der Waals surface area (Å²) in [7, 11) is 1.64. The van der Waals surface area contributed by atoms with Gasteiger partial charge in [0.05, 0.1) is 39.7 Å². The highest BCUT2D eigenvalue weighted by Gasteiger charge is 2.25. The normalized spacial score (nSPS) is 16.4. The monoisotopic (exact) mass is 369 g/mol. The number of benzene rings is 2. The number of methoxy groups -OCH3 is 1. The highest BCUT2D eigenvalue weighted by molar-refractivity contribution is 5.79. The Hall–Kier alpha value is -2.73. The van der Waals surface area contributed by atoms with Crippen LogP contribution in [0.4, 0.5) is 0 Å². The summed E-state index contributed by atoms with van der Waals surface area (Å²) in [6.07, 6.45) is 0.390. The molecule has 0 radical (unpaired) electrons. The Morgan fingerprint density at radius 3 is 2.70 bits per heavy atom. The summed E-state index contributed by atoms with van der Waals surface area (Å²) in [5.41, 5.74) is 2.18. The van der Waals surface area contributed by atoms with Gasteiger partial charge in [0, 0.05) is 11.1 Å². The summed E-state index contributed by atoms with van der Waals surface area (Å²) in [4.78, 5) is 16.1. The van der Waals surface area contributed by atoms with Crippen molar-refractivity contribution in [3.8, 4) is 17.2 Å². The van der Waals surface area contributed by atoms with E-state index in [-0.39, 0.29) is 5.91 Å². The number of ether oxygens (including phenoxy) is 3. The predicted octanol–water partition coefficient (Wildman–Crippen LogP) is 0.894. The minimum Gasteiger partial charge on any atom is -0.496 e. The number of hydrogen-bond acceptors (Lipinski definition) is 4. The molecule has 2 aromatic carbocycles. The maximum Gasteiger partial charge on any atom is 0.231 e. The van der Waals surface area contributed by atoms with Crippen molar-refractivity contribution in [2.75, 3.05) is 40.1 Å². The number of hydrogen-bond donors (Lipinski definition) is 1. The zero-order chi connectivity index (χ0) is 18.6. The molecule has 0 aliphatic carbocycles. The highest BCUT2D eigenvalue weighted by atomic mass is 16.7. The van der Waals surface area contributed by atoms with Gasteiger partial charge < -0.3 is 24.0 Å². The van der Waals surface area contributed by atoms with Crippen molar-refractivity contribution in [2.24, 2.45) is 0 Å². The summed E-state index contributed by atoms with van der Waals surface area (Å²) in [5, 5.41) is 0. The zero-order valence-electron chi connectivity index (χ0n) is 15.6. The number of rotatable bonds is 5. The molecular weight excluding hydrogens is 344 g/mol. The topological polar surface area (TPSA) is 52.4 Å². The second-order valence-corrected chi connectivity index (χ2v) is 6.98. The van der Waals surface area contributed by atoms with Gasteiger partial charge in [0.1, 0.15) is 12.3 Å². The molecule has 0 spiro atoms. The van der Waals surface area contributed by atoms with Gasteiger partial charge in [-0.3, -0.25) is 4.79 Å². The SMILES string of the molecule is COc1ccccc1CC(=O)N1CC[NH+](Cc2ccc3c(c2)OCO3)CC1. The smallest absolute Gasteiger partial charge is 0.231 e. The van der Waals surface area contributed by atoms with Crippen LogP contribution < -0.4 is 19.1 Å². The fourth-order valence-corrected chi connectivity index (χ4v) is 3.71. The molecule has 0 atom stereocenters. The van der Waals surface area contributed by atoms with Crippen molar-refractivity contribution in [2.45, 2.75) is 13.0 Å². The molecular formula is C21H25N2O4+. The molecule has 2 aliphatic heterocycles. The standard InChI is InChI=1S/C21H24N2O4/c1-25-18-5-3-2-4-17(18)13-21(24)23-10-8-22(9-11-23)14-16-6-7-19-20(12-16)27-15-26-19/h2-7,12H,8-11,13-15H2,1H3/p+1. The van der Waals surface area contributed by atoms with E-state index in [1.54, 1.807) is 7.11 Å². The summed E-state index contributed by atoms with van der Waals surface area (Å²) in [5.74, 6) is 2.59. The van der Waals surface area contributed by atoms with Crippen LogP contribution in [0.2, 0.25) is 0 Å². The summed E-state index contributed by atoms with van der Waals surface area (Å²) in [6.45, 7) is 4.71. The summed E-state index contributed by atoms with van der Waals surface area (Å²) in [6, 6.07) is 13.9. The van der Waals surface area contributed by atoms with Crippen LogP contribution in [0.5, 0.6) is 17.2 Å². The van der Waals surface area contributed by atoms with Crippen molar-refractivity contribution in [3.63, 3.8) is 0 Å². The van der Waals surface area contributed by atoms with Crippen LogP contribution in [-0.2, 0) is 17.8 Å². The molecule has 2 heterocycles. The molecule has 0 bridgehead atoms. The molecule has 6 nitrogen and oxygen atoms in total. The van der Waals surface area contributed by atoms with Crippen molar-refractivity contribution in [1.29, 1.82) is 0 Å². The van der Waals surface area contributed by atoms with Crippen LogP contribution in [0, 0.1) is 0 Å². The van der Waals surface area contributed by atoms with Crippen LogP contribution in [0.15, 0.2) is 42.5 Å². The van der Waals surface area contributed by atoms with Gasteiger partial charge in [0.15, 0.2) is 11.5 Å². The lowest BCUT2D eigenvalue weighted by molar-refractivity contribution is -0.917. The Bertz CT molecular complexity index is 816. The van der Waals surface area contributed by atoms with E-state index >= 15 is 0 Å². The Morgan fingerprint density at radius 1 is 1.11 bits per heavy atom. The molecule has 1 amide bonds. The van der Waals surface area contributed by atoms with E-state index in [4.69, 9.17) is 14.2 Å². The highest BCUT2D eigenvalue weighted by Crippen LogP contribution is 2.32. The van der Waals surface area contributed by atoms with Gasteiger partial charge in [0.25, 0.3) is 0 Å². The van der Waals surface area contributed by atoms with E-state index in [1.807, 2.05) is 35.2 Å². The Labute approximate surface area is 159 Å². The second kappa shape index (κ2) is 7.88. The lowest BCUT2D eigenvalue weighted by Crippen LogP contribution is -3.13. The zero-order valence-corrected chi connectivity index (χ0v) is 15.6. The van der Waals surface area contributed by atoms with E-state index in [2.05, 4.69) is 12.1 Å². The van der Waals surface area contributed by atoms with Crippen LogP contribution in [0.3, 0.4) is 0 Å². The van der Waals surface area contributed by atoms with Crippen molar-refractivity contribution < 1.29 is 23.9 Å². The number of nitrogens with one attached hydrogen (secondary N) is 1. The van der Waals surface area contributed by atoms with Gasteiger partial charge in [-0.15, -0.1) is 0 Å². The van der Waals surface area contributed by atoms with E-state index < -0.39 is 0 Å². The molecule has 6 heteroatoms. The number of carbonyl (C=O) groups excluding carboxylic acids is 1. The van der Waals surface area contributed by atoms with Crippen molar-refractivity contribution in [1.82, 2.24) is 4.90 Å². The Balaban J connectivity index is 1.30. The van der Waals surface area contributed by atoms with Crippen LogP contribution in [0.25, 0.3) is 0 Å². The Kier molecular flexibility index (Phi) is 5.16. The predicted molar refractivity (Wildman–Crippen MR) is 100 cm³/mol. The van der Waals surface area contributed by atoms with Crippen LogP contribution in [-0.4, -0.2) is 50.9 Å². The van der Waals surface area contributed by atoms with Gasteiger partial charge in [-0.05, 0) is 24.3 Å². The summed E-state index contributed by atoms with van der Waals surface area (Å²) < 4.78 is 16.2. The van der Waals surface area contributed by atoms with Crippen LogP contribution >= 0.6 is 0 Å². The molecule has 27 heavy (non-hydrogen) atoms. The fraction of sp³-hybridized carbons (Fsp3) is 0.381. The molecule has 0 unspecified atom stereocenters. The molecule has 2 aromatic rings. The molecule has 1 N–H and O–H groups in total. The number of nitrogens with zero attached hydrogens (tertiary/aromatic N) is 1. The third-order valence-corrected chi connectivity index (χ3v) is 5.25. The molecule has 2 aliphatic rings. The average molecular weight is 369 g/mol. The first kappa shape index (κ1) is 17.7. The van der Waals surface area contributed by atoms with Crippen molar-refractivity contribution >= 4 is 5.91 Å². The molecule has 0 aromatic heterocycles.